The van der Waals surface area contributed by atoms with E-state index in [0.29, 0.717) is 33.8 Å². The minimum absolute atomic E-state index is 0.128. The largest absolute Gasteiger partial charge is 0.494 e. The molecule has 8 heteroatoms. The van der Waals surface area contributed by atoms with Crippen LogP contribution in [0.2, 0.25) is 0 Å². The molecule has 0 aliphatic carbocycles. The second-order valence-electron chi connectivity index (χ2n) is 7.06. The number of piperidine rings is 1. The summed E-state index contributed by atoms with van der Waals surface area (Å²) in [6, 6.07) is 5.10. The number of methoxy groups -OCH3 is 1. The van der Waals surface area contributed by atoms with Gasteiger partial charge in [-0.3, -0.25) is 14.0 Å². The molecule has 6 nitrogen and oxygen atoms in total. The Bertz CT molecular complexity index is 993. The number of pyridine rings is 1. The highest BCUT2D eigenvalue weighted by Gasteiger charge is 2.24. The lowest BCUT2D eigenvalue weighted by atomic mass is 9.93. The van der Waals surface area contributed by atoms with E-state index in [0.717, 1.165) is 32.4 Å². The molecule has 3 rings (SSSR count). The first-order valence-electron chi connectivity index (χ1n) is 8.85. The predicted molar refractivity (Wildman–Crippen MR) is 104 cm³/mol. The Morgan fingerprint density at radius 1 is 1.44 bits per heavy atom. The van der Waals surface area contributed by atoms with Gasteiger partial charge in [0.25, 0.3) is 0 Å². The van der Waals surface area contributed by atoms with Crippen molar-refractivity contribution in [3.05, 3.63) is 29.7 Å². The van der Waals surface area contributed by atoms with Crippen molar-refractivity contribution in [2.75, 3.05) is 37.1 Å². The third-order valence-electron chi connectivity index (χ3n) is 5.08. The van der Waals surface area contributed by atoms with Crippen molar-refractivity contribution in [2.45, 2.75) is 19.3 Å². The van der Waals surface area contributed by atoms with Crippen LogP contribution < -0.4 is 9.64 Å². The minimum atomic E-state index is -2.46. The van der Waals surface area contributed by atoms with Gasteiger partial charge in [-0.05, 0) is 31.2 Å². The zero-order valence-corrected chi connectivity index (χ0v) is 16.3. The van der Waals surface area contributed by atoms with Crippen molar-refractivity contribution in [3.8, 4) is 11.8 Å². The summed E-state index contributed by atoms with van der Waals surface area (Å²) < 4.78 is 38.5. The third-order valence-corrected chi connectivity index (χ3v) is 6.09. The summed E-state index contributed by atoms with van der Waals surface area (Å²) in [5, 5.41) is 10.1. The summed E-state index contributed by atoms with van der Waals surface area (Å²) in [6.07, 6.45) is 5.56. The molecule has 1 atom stereocenters. The van der Waals surface area contributed by atoms with E-state index < -0.39 is 15.5 Å². The maximum absolute atomic E-state index is 14.3. The summed E-state index contributed by atoms with van der Waals surface area (Å²) in [6.45, 7) is 1.46. The van der Waals surface area contributed by atoms with Crippen LogP contribution in [0.15, 0.2) is 18.3 Å². The number of fused-ring (bicyclic) bond motifs is 1. The Morgan fingerprint density at radius 3 is 2.74 bits per heavy atom. The van der Waals surface area contributed by atoms with Gasteiger partial charge in [0.2, 0.25) is 0 Å². The van der Waals surface area contributed by atoms with Gasteiger partial charge in [-0.1, -0.05) is 0 Å². The van der Waals surface area contributed by atoms with Crippen molar-refractivity contribution in [2.24, 2.45) is 5.92 Å². The molecular weight excluding hydrogens is 367 g/mol. The monoisotopic (exact) mass is 390 g/mol. The zero-order chi connectivity index (χ0) is 19.6. The standard InChI is InChI=1S/C19H23FN4O2S/c1-26-18-10-17-15(9-16(18)20)19(14(11-21)12-23-17)24-6-3-13(4-7-24)5-8-27(2,22)25/h9-10,12-13,22H,3-8H2,1-2H3. The van der Waals surface area contributed by atoms with Crippen LogP contribution in [0.5, 0.6) is 5.75 Å². The predicted octanol–water partition coefficient (Wildman–Crippen LogP) is 3.54. The normalized spacial score (nSPS) is 17.5. The molecule has 1 unspecified atom stereocenters. The number of benzene rings is 1. The van der Waals surface area contributed by atoms with Gasteiger partial charge in [0, 0.05) is 52.5 Å². The quantitative estimate of drug-likeness (QED) is 0.843. The summed E-state index contributed by atoms with van der Waals surface area (Å²) in [5.41, 5.74) is 1.72. The third kappa shape index (κ3) is 4.30. The van der Waals surface area contributed by atoms with Crippen molar-refractivity contribution >= 4 is 26.3 Å². The highest BCUT2D eigenvalue weighted by Crippen LogP contribution is 2.35. The van der Waals surface area contributed by atoms with E-state index in [9.17, 15) is 13.9 Å². The Morgan fingerprint density at radius 2 is 2.15 bits per heavy atom. The first kappa shape index (κ1) is 19.4. The fourth-order valence-corrected chi connectivity index (χ4v) is 4.38. The molecule has 1 aromatic heterocycles. The lowest BCUT2D eigenvalue weighted by molar-refractivity contribution is 0.387. The number of anilines is 1. The maximum atomic E-state index is 14.3. The number of nitrogens with one attached hydrogen (secondary N) is 1. The van der Waals surface area contributed by atoms with E-state index >= 15 is 0 Å². The Labute approximate surface area is 158 Å². The van der Waals surface area contributed by atoms with Crippen LogP contribution in [-0.2, 0) is 9.73 Å². The Kier molecular flexibility index (Phi) is 5.51. The van der Waals surface area contributed by atoms with Crippen LogP contribution in [0.3, 0.4) is 0 Å². The molecule has 1 aliphatic rings. The lowest BCUT2D eigenvalue weighted by Crippen LogP contribution is -2.34. The Balaban J connectivity index is 1.88. The zero-order valence-electron chi connectivity index (χ0n) is 15.5. The summed E-state index contributed by atoms with van der Waals surface area (Å²) in [7, 11) is -1.05. The number of nitrogens with zero attached hydrogens (tertiary/aromatic N) is 3. The number of rotatable bonds is 5. The lowest BCUT2D eigenvalue weighted by Gasteiger charge is -2.34. The SMILES string of the molecule is COc1cc2ncc(C#N)c(N3CCC(CCS(C)(=N)=O)CC3)c2cc1F. The molecule has 2 heterocycles. The molecule has 1 aromatic carbocycles. The van der Waals surface area contributed by atoms with E-state index in [2.05, 4.69) is 16.0 Å². The topological polar surface area (TPSA) is 90.1 Å². The van der Waals surface area contributed by atoms with Gasteiger partial charge >= 0.3 is 0 Å². The van der Waals surface area contributed by atoms with Gasteiger partial charge < -0.3 is 9.64 Å². The van der Waals surface area contributed by atoms with E-state index in [1.54, 1.807) is 6.07 Å². The molecule has 1 saturated heterocycles. The number of aromatic nitrogens is 1. The molecule has 1 fully saturated rings. The molecule has 0 saturated carbocycles. The van der Waals surface area contributed by atoms with Crippen LogP contribution in [0.4, 0.5) is 10.1 Å². The fraction of sp³-hybridized carbons (Fsp3) is 0.474. The first-order chi connectivity index (χ1) is 12.8. The van der Waals surface area contributed by atoms with Crippen LogP contribution >= 0.6 is 0 Å². The van der Waals surface area contributed by atoms with Gasteiger partial charge in [0.1, 0.15) is 6.07 Å². The molecule has 2 aromatic rings. The molecule has 1 aliphatic heterocycles. The average Bonchev–Trinajstić information content (AvgIpc) is 2.65. The Hall–Kier alpha value is -2.40. The second-order valence-corrected chi connectivity index (χ2v) is 9.48. The molecule has 27 heavy (non-hydrogen) atoms. The van der Waals surface area contributed by atoms with E-state index in [1.165, 1.54) is 25.6 Å². The molecule has 0 bridgehead atoms. The van der Waals surface area contributed by atoms with Crippen LogP contribution in [0, 0.1) is 27.8 Å². The summed E-state index contributed by atoms with van der Waals surface area (Å²) >= 11 is 0. The van der Waals surface area contributed by atoms with E-state index in [4.69, 9.17) is 9.52 Å². The number of nitriles is 1. The summed E-state index contributed by atoms with van der Waals surface area (Å²) in [4.78, 5) is 6.39. The smallest absolute Gasteiger partial charge is 0.165 e. The van der Waals surface area contributed by atoms with Crippen molar-refractivity contribution in [1.29, 1.82) is 10.0 Å². The van der Waals surface area contributed by atoms with Gasteiger partial charge in [0.15, 0.2) is 11.6 Å². The van der Waals surface area contributed by atoms with E-state index in [1.807, 2.05) is 0 Å². The second kappa shape index (κ2) is 7.69. The van der Waals surface area contributed by atoms with Gasteiger partial charge in [-0.15, -0.1) is 0 Å². The number of hydrogen-bond donors (Lipinski definition) is 1. The highest BCUT2D eigenvalue weighted by molar-refractivity contribution is 7.91. The van der Waals surface area contributed by atoms with Crippen LogP contribution in [-0.4, -0.2) is 41.4 Å². The first-order valence-corrected chi connectivity index (χ1v) is 11.0. The molecule has 1 N–H and O–H groups in total. The molecule has 0 radical (unpaired) electrons. The van der Waals surface area contributed by atoms with Crippen molar-refractivity contribution in [3.63, 3.8) is 0 Å². The number of hydrogen-bond acceptors (Lipinski definition) is 6. The molecule has 0 spiro atoms. The molecule has 0 amide bonds. The van der Waals surface area contributed by atoms with Gasteiger partial charge in [0.05, 0.1) is 23.9 Å². The minimum Gasteiger partial charge on any atom is -0.494 e. The number of ether oxygens (including phenoxy) is 1. The van der Waals surface area contributed by atoms with Gasteiger partial charge in [-0.2, -0.15) is 5.26 Å². The van der Waals surface area contributed by atoms with Crippen molar-refractivity contribution < 1.29 is 13.3 Å². The highest BCUT2D eigenvalue weighted by atomic mass is 32.2. The van der Waals surface area contributed by atoms with Crippen LogP contribution in [0.25, 0.3) is 10.9 Å². The molecule has 144 valence electrons. The summed E-state index contributed by atoms with van der Waals surface area (Å²) in [5.74, 6) is 0.488. The molecular formula is C19H23FN4O2S. The van der Waals surface area contributed by atoms with E-state index in [-0.39, 0.29) is 5.75 Å². The maximum Gasteiger partial charge on any atom is 0.165 e. The van der Waals surface area contributed by atoms with Crippen molar-refractivity contribution in [1.82, 2.24) is 4.98 Å². The van der Waals surface area contributed by atoms with Gasteiger partial charge in [-0.25, -0.2) is 4.39 Å². The number of halogens is 1. The fourth-order valence-electron chi connectivity index (χ4n) is 3.60. The average molecular weight is 390 g/mol. The van der Waals surface area contributed by atoms with Crippen LogP contribution in [0.1, 0.15) is 24.8 Å².